The number of alkyl carbamates (subject to hydrolysis) is 1. The largest absolute Gasteiger partial charge is 0.453 e. The van der Waals surface area contributed by atoms with Gasteiger partial charge >= 0.3 is 12.2 Å². The van der Waals surface area contributed by atoms with Crippen LogP contribution in [0.3, 0.4) is 0 Å². The Kier molecular flexibility index (Phi) is 8.95. The molecule has 3 N–H and O–H groups in total. The maximum atomic E-state index is 13.5. The third-order valence-electron chi connectivity index (χ3n) is 4.85. The number of amides is 3. The van der Waals surface area contributed by atoms with E-state index in [1.165, 1.54) is 30.3 Å². The number of carbonyl (C=O) groups excluding carboxylic acids is 3. The number of methoxy groups -OCH3 is 2. The fraction of sp³-hybridized carbons (Fsp3) is 0.120. The van der Waals surface area contributed by atoms with E-state index in [1.807, 2.05) is 6.07 Å². The number of ether oxygens (including phenoxy) is 2. The van der Waals surface area contributed by atoms with Crippen molar-refractivity contribution in [2.75, 3.05) is 24.9 Å². The summed E-state index contributed by atoms with van der Waals surface area (Å²) in [7, 11) is -1.89. The molecule has 3 aromatic carbocycles. The van der Waals surface area contributed by atoms with Gasteiger partial charge in [0.1, 0.15) is 0 Å². The monoisotopic (exact) mass is 524 g/mol. The molecule has 0 bridgehead atoms. The predicted molar refractivity (Wildman–Crippen MR) is 136 cm³/mol. The Labute approximate surface area is 213 Å². The van der Waals surface area contributed by atoms with Crippen molar-refractivity contribution >= 4 is 45.3 Å². The first kappa shape index (κ1) is 26.9. The van der Waals surface area contributed by atoms with Crippen LogP contribution in [0.1, 0.15) is 5.56 Å². The lowest BCUT2D eigenvalue weighted by atomic mass is 10.1. The molecule has 0 saturated carbocycles. The summed E-state index contributed by atoms with van der Waals surface area (Å²) >= 11 is 0. The van der Waals surface area contributed by atoms with Crippen molar-refractivity contribution in [1.29, 1.82) is 0 Å². The molecule has 12 heteroatoms. The molecule has 3 aromatic rings. The van der Waals surface area contributed by atoms with E-state index >= 15 is 0 Å². The Balaban J connectivity index is 2.00. The number of hydrogen-bond acceptors (Lipinski definition) is 7. The van der Waals surface area contributed by atoms with Crippen LogP contribution in [0.5, 0.6) is 0 Å². The summed E-state index contributed by atoms with van der Waals surface area (Å²) in [4.78, 5) is 39.4. The molecule has 0 spiro atoms. The van der Waals surface area contributed by atoms with Crippen molar-refractivity contribution < 1.29 is 32.3 Å². The molecule has 0 saturated heterocycles. The van der Waals surface area contributed by atoms with E-state index in [-0.39, 0.29) is 33.5 Å². The molecule has 0 radical (unpaired) electrons. The number of anilines is 2. The van der Waals surface area contributed by atoms with Gasteiger partial charge in [-0.3, -0.25) is 10.1 Å². The number of aliphatic imine (C=N–C) groups is 1. The van der Waals surface area contributed by atoms with Gasteiger partial charge in [-0.2, -0.15) is 0 Å². The molecule has 37 heavy (non-hydrogen) atoms. The smallest absolute Gasteiger partial charge is 0.436 e. The van der Waals surface area contributed by atoms with Crippen LogP contribution >= 0.6 is 0 Å². The minimum atomic E-state index is -4.10. The summed E-state index contributed by atoms with van der Waals surface area (Å²) in [5.74, 6) is -0.792. The van der Waals surface area contributed by atoms with Crippen LogP contribution in [0.2, 0.25) is 0 Å². The van der Waals surface area contributed by atoms with Gasteiger partial charge in [-0.25, -0.2) is 18.0 Å². The van der Waals surface area contributed by atoms with Crippen molar-refractivity contribution in [3.05, 3.63) is 84.4 Å². The second-order valence-electron chi connectivity index (χ2n) is 7.41. The molecule has 3 amide bonds. The number of hydrogen-bond donors (Lipinski definition) is 3. The topological polar surface area (TPSA) is 152 Å². The standard InChI is InChI=1S/C25H24N4O7S/c1-35-24(31)28-23(29-25(32)36-2)26-18-13-14-20(27-22(30)15-17-9-5-3-6-10-17)21(16-18)37(33,34)19-11-7-4-8-12-19/h3-14,16H,15H2,1-2H3,(H,27,30)(H2,26,28,29,31,32). The molecular weight excluding hydrogens is 500 g/mol. The Morgan fingerprint density at radius 1 is 0.838 bits per heavy atom. The van der Waals surface area contributed by atoms with E-state index in [0.29, 0.717) is 0 Å². The van der Waals surface area contributed by atoms with E-state index < -0.39 is 27.9 Å². The lowest BCUT2D eigenvalue weighted by Crippen LogP contribution is -2.36. The van der Waals surface area contributed by atoms with Gasteiger partial charge in [-0.05, 0) is 35.9 Å². The minimum absolute atomic E-state index is 0.00171. The van der Waals surface area contributed by atoms with E-state index in [9.17, 15) is 22.8 Å². The maximum absolute atomic E-state index is 13.5. The van der Waals surface area contributed by atoms with Crippen molar-refractivity contribution in [1.82, 2.24) is 5.32 Å². The summed E-state index contributed by atoms with van der Waals surface area (Å²) in [6.45, 7) is 0. The van der Waals surface area contributed by atoms with Crippen LogP contribution in [0.15, 0.2) is 93.6 Å². The van der Waals surface area contributed by atoms with E-state index in [2.05, 4.69) is 30.4 Å². The van der Waals surface area contributed by atoms with Gasteiger partial charge in [0.05, 0.1) is 36.1 Å². The fourth-order valence-corrected chi connectivity index (χ4v) is 4.60. The second kappa shape index (κ2) is 12.3. The molecule has 0 aliphatic heterocycles. The third kappa shape index (κ3) is 7.39. The van der Waals surface area contributed by atoms with Crippen LogP contribution in [0, 0.1) is 0 Å². The molecule has 0 aliphatic carbocycles. The fourth-order valence-electron chi connectivity index (χ4n) is 3.14. The Morgan fingerprint density at radius 3 is 2.11 bits per heavy atom. The number of guanidine groups is 1. The van der Waals surface area contributed by atoms with Gasteiger partial charge in [-0.15, -0.1) is 4.99 Å². The van der Waals surface area contributed by atoms with Crippen molar-refractivity contribution in [2.24, 2.45) is 4.99 Å². The van der Waals surface area contributed by atoms with Crippen LogP contribution in [-0.2, 0) is 30.5 Å². The molecule has 0 aromatic heterocycles. The zero-order valence-corrected chi connectivity index (χ0v) is 20.7. The molecule has 0 heterocycles. The Bertz CT molecular complexity index is 1410. The molecule has 0 aliphatic rings. The zero-order chi connectivity index (χ0) is 26.8. The summed E-state index contributed by atoms with van der Waals surface area (Å²) in [6, 6.07) is 20.7. The van der Waals surface area contributed by atoms with Crippen molar-refractivity contribution in [3.63, 3.8) is 0 Å². The van der Waals surface area contributed by atoms with E-state index in [4.69, 9.17) is 0 Å². The highest BCUT2D eigenvalue weighted by atomic mass is 32.2. The number of sulfone groups is 1. The minimum Gasteiger partial charge on any atom is -0.453 e. The van der Waals surface area contributed by atoms with Crippen LogP contribution < -0.4 is 16.0 Å². The molecular formula is C25H24N4O7S. The number of nitrogens with one attached hydrogen (secondary N) is 3. The molecule has 11 nitrogen and oxygen atoms in total. The van der Waals surface area contributed by atoms with E-state index in [0.717, 1.165) is 19.8 Å². The number of rotatable bonds is 6. The van der Waals surface area contributed by atoms with Gasteiger partial charge in [0.2, 0.25) is 21.7 Å². The zero-order valence-electron chi connectivity index (χ0n) is 19.9. The highest BCUT2D eigenvalue weighted by Crippen LogP contribution is 2.30. The summed E-state index contributed by atoms with van der Waals surface area (Å²) < 4.78 is 36.0. The average Bonchev–Trinajstić information content (AvgIpc) is 2.90. The molecule has 3 rings (SSSR count). The Morgan fingerprint density at radius 2 is 1.49 bits per heavy atom. The Hall–Kier alpha value is -4.71. The lowest BCUT2D eigenvalue weighted by Gasteiger charge is -2.16. The van der Waals surface area contributed by atoms with Gasteiger partial charge < -0.3 is 20.1 Å². The quantitative estimate of drug-likeness (QED) is 0.327. The average molecular weight is 525 g/mol. The summed E-state index contributed by atoms with van der Waals surface area (Å²) in [6.07, 6.45) is -1.93. The molecule has 0 unspecified atom stereocenters. The van der Waals surface area contributed by atoms with Gasteiger partial charge in [0.15, 0.2) is 0 Å². The van der Waals surface area contributed by atoms with Crippen LogP contribution in [-0.4, -0.2) is 46.7 Å². The van der Waals surface area contributed by atoms with Crippen LogP contribution in [0.25, 0.3) is 0 Å². The van der Waals surface area contributed by atoms with E-state index in [1.54, 1.807) is 42.5 Å². The second-order valence-corrected chi connectivity index (χ2v) is 9.33. The van der Waals surface area contributed by atoms with Gasteiger partial charge in [0, 0.05) is 5.69 Å². The summed E-state index contributed by atoms with van der Waals surface area (Å²) in [5, 5.41) is 7.51. The molecule has 0 fully saturated rings. The normalized spacial score (nSPS) is 11.2. The highest BCUT2D eigenvalue weighted by Gasteiger charge is 2.23. The SMILES string of the molecule is COC(=O)N=C(NC(=O)OC)Nc1ccc(NC(=O)Cc2ccccc2)c(S(=O)(=O)c2ccccc2)c1. The van der Waals surface area contributed by atoms with Crippen molar-refractivity contribution in [2.45, 2.75) is 16.2 Å². The van der Waals surface area contributed by atoms with Crippen LogP contribution in [0.4, 0.5) is 21.0 Å². The summed E-state index contributed by atoms with van der Waals surface area (Å²) in [5.41, 5.74) is 0.931. The maximum Gasteiger partial charge on any atom is 0.436 e. The first-order valence-corrected chi connectivity index (χ1v) is 12.3. The third-order valence-corrected chi connectivity index (χ3v) is 6.66. The first-order chi connectivity index (χ1) is 17.7. The number of benzene rings is 3. The lowest BCUT2D eigenvalue weighted by molar-refractivity contribution is -0.115. The molecule has 0 atom stereocenters. The highest BCUT2D eigenvalue weighted by molar-refractivity contribution is 7.91. The van der Waals surface area contributed by atoms with Gasteiger partial charge in [-0.1, -0.05) is 48.5 Å². The number of carbonyl (C=O) groups is 3. The van der Waals surface area contributed by atoms with Gasteiger partial charge in [0.25, 0.3) is 0 Å². The number of nitrogens with zero attached hydrogens (tertiary/aromatic N) is 1. The van der Waals surface area contributed by atoms with Crippen molar-refractivity contribution in [3.8, 4) is 0 Å². The molecule has 192 valence electrons. The predicted octanol–water partition coefficient (Wildman–Crippen LogP) is 3.59. The first-order valence-electron chi connectivity index (χ1n) is 10.8.